The summed E-state index contributed by atoms with van der Waals surface area (Å²) >= 11 is 0. The molecule has 0 spiro atoms. The number of carbonyl (C=O) groups is 1. The van der Waals surface area contributed by atoms with Crippen LogP contribution >= 0.6 is 0 Å². The molecule has 0 aromatic rings. The zero-order valence-electron chi connectivity index (χ0n) is 9.54. The number of nitrogens with one attached hydrogen (secondary N) is 1. The molecule has 2 N–H and O–H groups in total. The van der Waals surface area contributed by atoms with Crippen LogP contribution in [0.4, 0.5) is 0 Å². The Balaban J connectivity index is 2.10. The van der Waals surface area contributed by atoms with Crippen molar-refractivity contribution in [1.82, 2.24) is 10.2 Å². The predicted octanol–water partition coefficient (Wildman–Crippen LogP) is 0.217. The van der Waals surface area contributed by atoms with Crippen LogP contribution < -0.4 is 5.32 Å². The number of hydrogen-bond donors (Lipinski definition) is 2. The van der Waals surface area contributed by atoms with E-state index >= 15 is 0 Å². The number of nitrogens with zero attached hydrogens (tertiary/aromatic N) is 1. The van der Waals surface area contributed by atoms with Gasteiger partial charge in [-0.1, -0.05) is 0 Å². The van der Waals surface area contributed by atoms with Crippen molar-refractivity contribution in [3.05, 3.63) is 0 Å². The summed E-state index contributed by atoms with van der Waals surface area (Å²) in [6.07, 6.45) is 2.72. The second-order valence-corrected chi connectivity index (χ2v) is 4.17. The summed E-state index contributed by atoms with van der Waals surface area (Å²) in [6.45, 7) is 5.85. The summed E-state index contributed by atoms with van der Waals surface area (Å²) in [7, 11) is 0. The summed E-state index contributed by atoms with van der Waals surface area (Å²) in [5.74, 6) is 0.618. The fraction of sp³-hybridized carbons (Fsp3) is 0.909. The monoisotopic (exact) mass is 214 g/mol. The van der Waals surface area contributed by atoms with Crippen LogP contribution in [0, 0.1) is 5.92 Å². The molecule has 0 atom stereocenters. The van der Waals surface area contributed by atoms with E-state index < -0.39 is 0 Å². The lowest BCUT2D eigenvalue weighted by Crippen LogP contribution is -2.37. The van der Waals surface area contributed by atoms with E-state index in [2.05, 4.69) is 10.2 Å². The van der Waals surface area contributed by atoms with Gasteiger partial charge in [0.05, 0.1) is 0 Å². The Labute approximate surface area is 91.6 Å². The van der Waals surface area contributed by atoms with Gasteiger partial charge in [0.25, 0.3) is 0 Å². The Hall–Kier alpha value is -0.610. The molecule has 0 aromatic heterocycles. The van der Waals surface area contributed by atoms with Gasteiger partial charge in [0.2, 0.25) is 5.91 Å². The molecule has 1 saturated heterocycles. The number of likely N-dealkylation sites (tertiary alicyclic amines) is 1. The molecular weight excluding hydrogens is 192 g/mol. The van der Waals surface area contributed by atoms with Gasteiger partial charge in [0.1, 0.15) is 0 Å². The average molecular weight is 214 g/mol. The van der Waals surface area contributed by atoms with E-state index in [9.17, 15) is 4.79 Å². The SMILES string of the molecule is CCNC(=O)CCN1CCC(CO)CC1. The van der Waals surface area contributed by atoms with Crippen molar-refractivity contribution in [3.63, 3.8) is 0 Å². The number of rotatable bonds is 5. The minimum absolute atomic E-state index is 0.141. The summed E-state index contributed by atoms with van der Waals surface area (Å²) in [6, 6.07) is 0. The normalized spacial score (nSPS) is 19.1. The third-order valence-corrected chi connectivity index (χ3v) is 2.99. The van der Waals surface area contributed by atoms with Gasteiger partial charge in [0.15, 0.2) is 0 Å². The van der Waals surface area contributed by atoms with Gasteiger partial charge in [-0.3, -0.25) is 4.79 Å². The fourth-order valence-corrected chi connectivity index (χ4v) is 1.94. The molecule has 1 fully saturated rings. The number of piperidine rings is 1. The number of carbonyl (C=O) groups excluding carboxylic acids is 1. The molecule has 1 aliphatic heterocycles. The van der Waals surface area contributed by atoms with Gasteiger partial charge in [-0.2, -0.15) is 0 Å². The third kappa shape index (κ3) is 4.62. The number of aliphatic hydroxyl groups excluding tert-OH is 1. The summed E-state index contributed by atoms with van der Waals surface area (Å²) in [4.78, 5) is 13.5. The van der Waals surface area contributed by atoms with E-state index in [0.29, 0.717) is 25.5 Å². The van der Waals surface area contributed by atoms with E-state index in [1.54, 1.807) is 0 Å². The maximum Gasteiger partial charge on any atom is 0.221 e. The van der Waals surface area contributed by atoms with E-state index in [0.717, 1.165) is 32.5 Å². The highest BCUT2D eigenvalue weighted by Crippen LogP contribution is 2.16. The van der Waals surface area contributed by atoms with Crippen molar-refractivity contribution in [2.24, 2.45) is 5.92 Å². The minimum Gasteiger partial charge on any atom is -0.396 e. The molecule has 4 heteroatoms. The summed E-state index contributed by atoms with van der Waals surface area (Å²) < 4.78 is 0. The highest BCUT2D eigenvalue weighted by Gasteiger charge is 2.18. The van der Waals surface area contributed by atoms with Crippen molar-refractivity contribution < 1.29 is 9.90 Å². The Morgan fingerprint density at radius 1 is 1.47 bits per heavy atom. The number of amides is 1. The Morgan fingerprint density at radius 2 is 2.13 bits per heavy atom. The van der Waals surface area contributed by atoms with Crippen LogP contribution in [0.25, 0.3) is 0 Å². The van der Waals surface area contributed by atoms with Crippen LogP contribution in [0.1, 0.15) is 26.2 Å². The molecule has 0 bridgehead atoms. The van der Waals surface area contributed by atoms with Crippen LogP contribution in [0.2, 0.25) is 0 Å². The smallest absolute Gasteiger partial charge is 0.221 e. The van der Waals surface area contributed by atoms with Crippen LogP contribution in [-0.4, -0.2) is 48.7 Å². The summed E-state index contributed by atoms with van der Waals surface area (Å²) in [5, 5.41) is 11.8. The predicted molar refractivity (Wildman–Crippen MR) is 59.6 cm³/mol. The van der Waals surface area contributed by atoms with Crippen molar-refractivity contribution in [3.8, 4) is 0 Å². The van der Waals surface area contributed by atoms with Crippen molar-refractivity contribution in [2.75, 3.05) is 32.8 Å². The van der Waals surface area contributed by atoms with Crippen molar-refractivity contribution in [2.45, 2.75) is 26.2 Å². The average Bonchev–Trinajstić information content (AvgIpc) is 2.27. The van der Waals surface area contributed by atoms with Gasteiger partial charge in [0, 0.05) is 26.1 Å². The molecule has 0 radical (unpaired) electrons. The molecule has 1 aliphatic rings. The Bertz CT molecular complexity index is 189. The standard InChI is InChI=1S/C11H22N2O2/c1-2-12-11(15)5-8-13-6-3-10(9-14)4-7-13/h10,14H,2-9H2,1H3,(H,12,15). The number of hydrogen-bond acceptors (Lipinski definition) is 3. The molecule has 1 rings (SSSR count). The van der Waals surface area contributed by atoms with E-state index in [-0.39, 0.29) is 5.91 Å². The van der Waals surface area contributed by atoms with Crippen LogP contribution in [0.15, 0.2) is 0 Å². The topological polar surface area (TPSA) is 52.6 Å². The van der Waals surface area contributed by atoms with Gasteiger partial charge >= 0.3 is 0 Å². The second-order valence-electron chi connectivity index (χ2n) is 4.17. The molecule has 88 valence electrons. The van der Waals surface area contributed by atoms with E-state index in [1.807, 2.05) is 6.92 Å². The maximum absolute atomic E-state index is 11.2. The first-order valence-corrected chi connectivity index (χ1v) is 5.86. The lowest BCUT2D eigenvalue weighted by atomic mass is 9.98. The number of aliphatic hydroxyl groups is 1. The molecule has 1 heterocycles. The van der Waals surface area contributed by atoms with Crippen molar-refractivity contribution >= 4 is 5.91 Å². The van der Waals surface area contributed by atoms with Crippen LogP contribution in [0.5, 0.6) is 0 Å². The molecule has 0 unspecified atom stereocenters. The molecule has 0 aromatic carbocycles. The quantitative estimate of drug-likeness (QED) is 0.688. The second kappa shape index (κ2) is 6.80. The zero-order chi connectivity index (χ0) is 11.1. The highest BCUT2D eigenvalue weighted by molar-refractivity contribution is 5.75. The largest absolute Gasteiger partial charge is 0.396 e. The molecule has 15 heavy (non-hydrogen) atoms. The molecule has 1 amide bonds. The Morgan fingerprint density at radius 3 is 2.67 bits per heavy atom. The molecular formula is C11H22N2O2. The highest BCUT2D eigenvalue weighted by atomic mass is 16.3. The van der Waals surface area contributed by atoms with Gasteiger partial charge in [-0.05, 0) is 38.8 Å². The van der Waals surface area contributed by atoms with Crippen LogP contribution in [0.3, 0.4) is 0 Å². The third-order valence-electron chi connectivity index (χ3n) is 2.99. The first kappa shape index (κ1) is 12.5. The van der Waals surface area contributed by atoms with Crippen LogP contribution in [-0.2, 0) is 4.79 Å². The molecule has 0 aliphatic carbocycles. The lowest BCUT2D eigenvalue weighted by Gasteiger charge is -2.30. The van der Waals surface area contributed by atoms with Gasteiger partial charge < -0.3 is 15.3 Å². The molecule has 0 saturated carbocycles. The summed E-state index contributed by atoms with van der Waals surface area (Å²) in [5.41, 5.74) is 0. The fourth-order valence-electron chi connectivity index (χ4n) is 1.94. The van der Waals surface area contributed by atoms with Crippen molar-refractivity contribution in [1.29, 1.82) is 0 Å². The minimum atomic E-state index is 0.141. The van der Waals surface area contributed by atoms with Gasteiger partial charge in [-0.25, -0.2) is 0 Å². The molecule has 4 nitrogen and oxygen atoms in total. The van der Waals surface area contributed by atoms with E-state index in [4.69, 9.17) is 5.11 Å². The zero-order valence-corrected chi connectivity index (χ0v) is 9.54. The van der Waals surface area contributed by atoms with E-state index in [1.165, 1.54) is 0 Å². The Kier molecular flexibility index (Phi) is 5.65. The first-order valence-electron chi connectivity index (χ1n) is 5.86. The lowest BCUT2D eigenvalue weighted by molar-refractivity contribution is -0.121. The van der Waals surface area contributed by atoms with Gasteiger partial charge in [-0.15, -0.1) is 0 Å². The maximum atomic E-state index is 11.2. The first-order chi connectivity index (χ1) is 7.26.